The minimum atomic E-state index is -0.636. The molecule has 1 N–H and O–H groups in total. The second-order valence-electron chi connectivity index (χ2n) is 7.47. The van der Waals surface area contributed by atoms with Crippen LogP contribution in [0.4, 0.5) is 0 Å². The van der Waals surface area contributed by atoms with Gasteiger partial charge >= 0.3 is 5.97 Å². The molecule has 0 saturated carbocycles. The van der Waals surface area contributed by atoms with Crippen LogP contribution in [-0.4, -0.2) is 47.1 Å². The molecule has 0 spiro atoms. The van der Waals surface area contributed by atoms with E-state index < -0.39 is 11.4 Å². The molecule has 4 heteroatoms. The zero-order valence-electron chi connectivity index (χ0n) is 14.3. The lowest BCUT2D eigenvalue weighted by molar-refractivity contribution is -0.149. The fraction of sp³-hybridized carbons (Fsp3) is 0.381. The van der Waals surface area contributed by atoms with Crippen LogP contribution in [0.2, 0.25) is 0 Å². The summed E-state index contributed by atoms with van der Waals surface area (Å²) in [4.78, 5) is 16.8. The van der Waals surface area contributed by atoms with Crippen molar-refractivity contribution < 1.29 is 9.90 Å². The quantitative estimate of drug-likeness (QED) is 0.912. The van der Waals surface area contributed by atoms with Gasteiger partial charge in [-0.05, 0) is 11.1 Å². The zero-order chi connectivity index (χ0) is 17.3. The van der Waals surface area contributed by atoms with Crippen LogP contribution < -0.4 is 0 Å². The topological polar surface area (TPSA) is 43.8 Å². The van der Waals surface area contributed by atoms with Crippen LogP contribution >= 0.6 is 0 Å². The molecule has 4 nitrogen and oxygen atoms in total. The van der Waals surface area contributed by atoms with Gasteiger partial charge in [0.2, 0.25) is 0 Å². The third kappa shape index (κ3) is 3.20. The third-order valence-corrected chi connectivity index (χ3v) is 5.67. The van der Waals surface area contributed by atoms with Crippen molar-refractivity contribution in [1.29, 1.82) is 0 Å². The van der Waals surface area contributed by atoms with Crippen LogP contribution in [0.1, 0.15) is 11.1 Å². The number of aliphatic carboxylic acids is 1. The summed E-state index contributed by atoms with van der Waals surface area (Å²) in [7, 11) is 0. The molecular formula is C21H24N2O2. The van der Waals surface area contributed by atoms with Gasteiger partial charge in [-0.1, -0.05) is 60.7 Å². The summed E-state index contributed by atoms with van der Waals surface area (Å²) in [6.45, 7) is 4.70. The van der Waals surface area contributed by atoms with Crippen LogP contribution in [0.5, 0.6) is 0 Å². The highest BCUT2D eigenvalue weighted by Crippen LogP contribution is 2.43. The van der Waals surface area contributed by atoms with Crippen molar-refractivity contribution in [3.8, 4) is 0 Å². The molecule has 25 heavy (non-hydrogen) atoms. The Morgan fingerprint density at radius 2 is 1.32 bits per heavy atom. The Hall–Kier alpha value is -2.17. The average Bonchev–Trinajstić information content (AvgIpc) is 3.11. The first-order chi connectivity index (χ1) is 12.2. The molecule has 0 radical (unpaired) electrons. The molecule has 0 bridgehead atoms. The number of fused-ring (bicyclic) bond motifs is 1. The number of likely N-dealkylation sites (tertiary alicyclic amines) is 2. The summed E-state index contributed by atoms with van der Waals surface area (Å²) in [6.07, 6.45) is 0. The van der Waals surface area contributed by atoms with E-state index in [4.69, 9.17) is 0 Å². The summed E-state index contributed by atoms with van der Waals surface area (Å²) in [5.41, 5.74) is 1.89. The van der Waals surface area contributed by atoms with Crippen molar-refractivity contribution in [2.75, 3.05) is 26.2 Å². The molecule has 2 fully saturated rings. The first-order valence-electron chi connectivity index (χ1n) is 8.92. The van der Waals surface area contributed by atoms with E-state index >= 15 is 0 Å². The van der Waals surface area contributed by atoms with E-state index in [1.165, 1.54) is 11.1 Å². The van der Waals surface area contributed by atoms with E-state index in [2.05, 4.69) is 34.1 Å². The molecule has 2 saturated heterocycles. The van der Waals surface area contributed by atoms with Gasteiger partial charge in [0.05, 0.1) is 5.41 Å². The van der Waals surface area contributed by atoms with Crippen molar-refractivity contribution >= 4 is 5.97 Å². The van der Waals surface area contributed by atoms with Crippen molar-refractivity contribution in [1.82, 2.24) is 9.80 Å². The number of hydrogen-bond acceptors (Lipinski definition) is 3. The lowest BCUT2D eigenvalue weighted by Gasteiger charge is -2.25. The first kappa shape index (κ1) is 16.3. The van der Waals surface area contributed by atoms with Gasteiger partial charge < -0.3 is 5.11 Å². The van der Waals surface area contributed by atoms with E-state index in [0.29, 0.717) is 13.1 Å². The van der Waals surface area contributed by atoms with Gasteiger partial charge in [-0.15, -0.1) is 0 Å². The minimum Gasteiger partial charge on any atom is -0.481 e. The van der Waals surface area contributed by atoms with Crippen LogP contribution in [0.15, 0.2) is 60.7 Å². The van der Waals surface area contributed by atoms with Gasteiger partial charge in [0, 0.05) is 45.2 Å². The molecule has 0 aliphatic carbocycles. The SMILES string of the molecule is O=C(O)C12CN(Cc3ccccc3)CC1CN(Cc1ccccc1)C2. The van der Waals surface area contributed by atoms with Gasteiger partial charge in [0.15, 0.2) is 0 Å². The van der Waals surface area contributed by atoms with Gasteiger partial charge in [-0.3, -0.25) is 14.6 Å². The second-order valence-corrected chi connectivity index (χ2v) is 7.47. The summed E-state index contributed by atoms with van der Waals surface area (Å²) >= 11 is 0. The van der Waals surface area contributed by atoms with Crippen molar-refractivity contribution in [3.63, 3.8) is 0 Å². The number of carboxylic acids is 1. The van der Waals surface area contributed by atoms with Gasteiger partial charge in [0.25, 0.3) is 0 Å². The molecule has 2 aliphatic rings. The van der Waals surface area contributed by atoms with Crippen molar-refractivity contribution in [3.05, 3.63) is 71.8 Å². The molecule has 130 valence electrons. The fourth-order valence-electron chi connectivity index (χ4n) is 4.50. The fourth-order valence-corrected chi connectivity index (χ4v) is 4.50. The summed E-state index contributed by atoms with van der Waals surface area (Å²) in [5, 5.41) is 9.99. The normalized spacial score (nSPS) is 26.6. The maximum atomic E-state index is 12.1. The molecule has 4 rings (SSSR count). The van der Waals surface area contributed by atoms with Gasteiger partial charge in [-0.25, -0.2) is 0 Å². The Kier molecular flexibility index (Phi) is 4.32. The highest BCUT2D eigenvalue weighted by atomic mass is 16.4. The number of hydrogen-bond donors (Lipinski definition) is 1. The smallest absolute Gasteiger partial charge is 0.312 e. The maximum absolute atomic E-state index is 12.1. The number of benzene rings is 2. The van der Waals surface area contributed by atoms with Gasteiger partial charge in [-0.2, -0.15) is 0 Å². The Labute approximate surface area is 148 Å². The summed E-state index contributed by atoms with van der Waals surface area (Å²) < 4.78 is 0. The molecule has 0 atom stereocenters. The summed E-state index contributed by atoms with van der Waals surface area (Å²) in [6, 6.07) is 20.7. The molecule has 0 amide bonds. The number of nitrogens with zero attached hydrogens (tertiary/aromatic N) is 2. The minimum absolute atomic E-state index is 0.206. The molecule has 2 aromatic rings. The van der Waals surface area contributed by atoms with E-state index in [0.717, 1.165) is 26.2 Å². The highest BCUT2D eigenvalue weighted by molar-refractivity contribution is 5.77. The molecule has 2 aromatic carbocycles. The lowest BCUT2D eigenvalue weighted by atomic mass is 9.81. The summed E-state index contributed by atoms with van der Waals surface area (Å²) in [5.74, 6) is -0.430. The van der Waals surface area contributed by atoms with E-state index in [9.17, 15) is 9.90 Å². The van der Waals surface area contributed by atoms with E-state index in [1.54, 1.807) is 0 Å². The van der Waals surface area contributed by atoms with Gasteiger partial charge in [0.1, 0.15) is 0 Å². The zero-order valence-corrected chi connectivity index (χ0v) is 14.3. The number of carbonyl (C=O) groups is 1. The average molecular weight is 336 g/mol. The molecule has 0 unspecified atom stereocenters. The third-order valence-electron chi connectivity index (χ3n) is 5.67. The van der Waals surface area contributed by atoms with Crippen LogP contribution in [0.25, 0.3) is 0 Å². The molecule has 0 aromatic heterocycles. The Balaban J connectivity index is 1.46. The largest absolute Gasteiger partial charge is 0.481 e. The molecule has 2 aliphatic heterocycles. The predicted octanol–water partition coefficient (Wildman–Crippen LogP) is 2.71. The Bertz CT molecular complexity index is 679. The Morgan fingerprint density at radius 3 is 1.68 bits per heavy atom. The van der Waals surface area contributed by atoms with Crippen molar-refractivity contribution in [2.24, 2.45) is 11.3 Å². The van der Waals surface area contributed by atoms with Crippen LogP contribution in [0, 0.1) is 11.3 Å². The standard InChI is InChI=1S/C21H24N2O2/c24-20(25)21-15-22(11-17-7-3-1-4-8-17)13-19(21)14-23(16-21)12-18-9-5-2-6-10-18/h1-10,19H,11-16H2,(H,24,25). The maximum Gasteiger partial charge on any atom is 0.312 e. The number of rotatable bonds is 5. The lowest BCUT2D eigenvalue weighted by Crippen LogP contribution is -2.40. The first-order valence-corrected chi connectivity index (χ1v) is 8.92. The number of carboxylic acid groups (broad SMARTS) is 1. The highest BCUT2D eigenvalue weighted by Gasteiger charge is 2.57. The molecular weight excluding hydrogens is 312 g/mol. The predicted molar refractivity (Wildman–Crippen MR) is 97.0 cm³/mol. The van der Waals surface area contributed by atoms with E-state index in [1.807, 2.05) is 36.4 Å². The van der Waals surface area contributed by atoms with Crippen molar-refractivity contribution in [2.45, 2.75) is 13.1 Å². The van der Waals surface area contributed by atoms with Crippen LogP contribution in [0.3, 0.4) is 0 Å². The Morgan fingerprint density at radius 1 is 0.880 bits per heavy atom. The van der Waals surface area contributed by atoms with E-state index in [-0.39, 0.29) is 5.92 Å². The second kappa shape index (κ2) is 6.62. The monoisotopic (exact) mass is 336 g/mol. The van der Waals surface area contributed by atoms with Crippen LogP contribution in [-0.2, 0) is 17.9 Å². The molecule has 2 heterocycles.